The van der Waals surface area contributed by atoms with E-state index in [-0.39, 0.29) is 24.0 Å². The summed E-state index contributed by atoms with van der Waals surface area (Å²) in [4.78, 5) is 22.2. The van der Waals surface area contributed by atoms with Gasteiger partial charge in [0, 0.05) is 0 Å². The van der Waals surface area contributed by atoms with Crippen molar-refractivity contribution in [3.8, 4) is 11.8 Å². The van der Waals surface area contributed by atoms with Crippen LogP contribution in [-0.4, -0.2) is 25.2 Å². The third-order valence-electron chi connectivity index (χ3n) is 1.94. The van der Waals surface area contributed by atoms with Crippen molar-refractivity contribution in [2.45, 2.75) is 6.92 Å². The topological polar surface area (TPSA) is 88.4 Å². The van der Waals surface area contributed by atoms with Crippen LogP contribution in [0.5, 0.6) is 5.75 Å². The first-order chi connectivity index (χ1) is 9.06. The van der Waals surface area contributed by atoms with Crippen molar-refractivity contribution in [2.75, 3.05) is 13.2 Å². The molecule has 0 radical (unpaired) electrons. The maximum Gasteiger partial charge on any atom is 0.413 e. The number of amides is 2. The lowest BCUT2D eigenvalue weighted by atomic mass is 10.2. The first kappa shape index (κ1) is 14.8. The van der Waals surface area contributed by atoms with E-state index in [0.717, 1.165) is 0 Å². The minimum atomic E-state index is -0.831. The highest BCUT2D eigenvalue weighted by atomic mass is 35.5. The van der Waals surface area contributed by atoms with Gasteiger partial charge < -0.3 is 9.47 Å². The summed E-state index contributed by atoms with van der Waals surface area (Å²) >= 11 is 5.85. The highest BCUT2D eigenvalue weighted by molar-refractivity contribution is 6.32. The minimum absolute atomic E-state index is 0.168. The Balaban J connectivity index is 2.51. The molecule has 0 saturated heterocycles. The van der Waals surface area contributed by atoms with Gasteiger partial charge in [-0.3, -0.25) is 10.1 Å². The summed E-state index contributed by atoms with van der Waals surface area (Å²) in [5.74, 6) is -0.404. The molecule has 0 saturated carbocycles. The number of benzene rings is 1. The first-order valence-electron chi connectivity index (χ1n) is 5.36. The molecule has 1 rings (SSSR count). The normalized spacial score (nSPS) is 9.32. The van der Waals surface area contributed by atoms with Crippen molar-refractivity contribution in [2.24, 2.45) is 0 Å². The molecule has 0 atom stereocenters. The highest BCUT2D eigenvalue weighted by Gasteiger charge is 2.10. The van der Waals surface area contributed by atoms with Crippen LogP contribution in [0.3, 0.4) is 0 Å². The molecule has 0 heterocycles. The van der Waals surface area contributed by atoms with Crippen molar-refractivity contribution in [1.82, 2.24) is 5.32 Å². The number of carbonyl (C=O) groups is 2. The van der Waals surface area contributed by atoms with Crippen LogP contribution in [0, 0.1) is 11.3 Å². The zero-order valence-corrected chi connectivity index (χ0v) is 10.9. The summed E-state index contributed by atoms with van der Waals surface area (Å²) in [5.41, 5.74) is 0.383. The monoisotopic (exact) mass is 282 g/mol. The van der Waals surface area contributed by atoms with Gasteiger partial charge >= 0.3 is 6.09 Å². The number of alkyl carbamates (subject to hydrolysis) is 1. The Labute approximate surface area is 114 Å². The van der Waals surface area contributed by atoms with E-state index in [4.69, 9.17) is 21.6 Å². The van der Waals surface area contributed by atoms with Crippen LogP contribution in [0.4, 0.5) is 4.79 Å². The zero-order valence-electron chi connectivity index (χ0n) is 10.1. The number of nitrogens with zero attached hydrogens (tertiary/aromatic N) is 1. The standard InChI is InChI=1S/C12H11ClN2O4/c1-2-18-12(17)15-11(16)7-19-10-4-3-8(6-14)5-9(10)13/h3-5H,2,7H2,1H3,(H,15,16,17). The van der Waals surface area contributed by atoms with E-state index in [2.05, 4.69) is 4.74 Å². The smallest absolute Gasteiger partial charge is 0.413 e. The van der Waals surface area contributed by atoms with Gasteiger partial charge in [0.1, 0.15) is 5.75 Å². The van der Waals surface area contributed by atoms with Crippen LogP contribution in [-0.2, 0) is 9.53 Å². The maximum atomic E-state index is 11.3. The number of ether oxygens (including phenoxy) is 2. The Morgan fingerprint density at radius 1 is 1.47 bits per heavy atom. The predicted molar refractivity (Wildman–Crippen MR) is 66.8 cm³/mol. The van der Waals surface area contributed by atoms with E-state index >= 15 is 0 Å². The molecule has 1 aromatic carbocycles. The van der Waals surface area contributed by atoms with Crippen molar-refractivity contribution >= 4 is 23.6 Å². The Bertz CT molecular complexity index is 525. The number of hydrogen-bond acceptors (Lipinski definition) is 5. The van der Waals surface area contributed by atoms with E-state index < -0.39 is 12.0 Å². The molecule has 7 heteroatoms. The van der Waals surface area contributed by atoms with Gasteiger partial charge in [0.25, 0.3) is 5.91 Å². The van der Waals surface area contributed by atoms with Crippen molar-refractivity contribution < 1.29 is 19.1 Å². The van der Waals surface area contributed by atoms with Crippen LogP contribution in [0.1, 0.15) is 12.5 Å². The predicted octanol–water partition coefficient (Wildman–Crippen LogP) is 1.86. The third kappa shape index (κ3) is 4.85. The third-order valence-corrected chi connectivity index (χ3v) is 2.23. The number of nitriles is 1. The average Bonchev–Trinajstić information content (AvgIpc) is 2.37. The molecule has 0 aliphatic heterocycles. The van der Waals surface area contributed by atoms with E-state index in [1.165, 1.54) is 18.2 Å². The molecule has 19 heavy (non-hydrogen) atoms. The maximum absolute atomic E-state index is 11.3. The summed E-state index contributed by atoms with van der Waals surface area (Å²) in [5, 5.41) is 10.8. The van der Waals surface area contributed by atoms with Crippen molar-refractivity contribution in [3.63, 3.8) is 0 Å². The van der Waals surface area contributed by atoms with E-state index in [0.29, 0.717) is 5.56 Å². The Morgan fingerprint density at radius 3 is 2.79 bits per heavy atom. The van der Waals surface area contributed by atoms with Crippen LogP contribution >= 0.6 is 11.6 Å². The lowest BCUT2D eigenvalue weighted by molar-refractivity contribution is -0.122. The molecule has 6 nitrogen and oxygen atoms in total. The van der Waals surface area contributed by atoms with Crippen LogP contribution in [0.15, 0.2) is 18.2 Å². The molecule has 0 fully saturated rings. The van der Waals surface area contributed by atoms with Gasteiger partial charge in [0.15, 0.2) is 6.61 Å². The van der Waals surface area contributed by atoms with Gasteiger partial charge in [0.05, 0.1) is 23.3 Å². The molecule has 2 amide bonds. The summed E-state index contributed by atoms with van der Waals surface area (Å²) in [6.07, 6.45) is -0.831. The largest absolute Gasteiger partial charge is 0.482 e. The minimum Gasteiger partial charge on any atom is -0.482 e. The van der Waals surface area contributed by atoms with Crippen molar-refractivity contribution in [1.29, 1.82) is 5.26 Å². The summed E-state index contributed by atoms with van der Waals surface area (Å²) in [7, 11) is 0. The Morgan fingerprint density at radius 2 is 2.21 bits per heavy atom. The van der Waals surface area contributed by atoms with Gasteiger partial charge in [-0.05, 0) is 25.1 Å². The number of rotatable bonds is 4. The van der Waals surface area contributed by atoms with Crippen molar-refractivity contribution in [3.05, 3.63) is 28.8 Å². The van der Waals surface area contributed by atoms with Gasteiger partial charge in [-0.25, -0.2) is 4.79 Å². The molecule has 1 N–H and O–H groups in total. The van der Waals surface area contributed by atoms with Gasteiger partial charge in [-0.2, -0.15) is 5.26 Å². The molecule has 0 spiro atoms. The molecule has 100 valence electrons. The van der Waals surface area contributed by atoms with Crippen LogP contribution in [0.25, 0.3) is 0 Å². The number of carbonyl (C=O) groups excluding carboxylic acids is 2. The average molecular weight is 283 g/mol. The zero-order chi connectivity index (χ0) is 14.3. The van der Waals surface area contributed by atoms with E-state index in [9.17, 15) is 9.59 Å². The van der Waals surface area contributed by atoms with Gasteiger partial charge in [0.2, 0.25) is 0 Å². The number of hydrogen-bond donors (Lipinski definition) is 1. The first-order valence-corrected chi connectivity index (χ1v) is 5.73. The van der Waals surface area contributed by atoms with Crippen LogP contribution < -0.4 is 10.1 Å². The summed E-state index contributed by atoms with van der Waals surface area (Å²) < 4.78 is 9.65. The second-order valence-corrected chi connectivity index (χ2v) is 3.72. The lowest BCUT2D eigenvalue weighted by Gasteiger charge is -2.08. The highest BCUT2D eigenvalue weighted by Crippen LogP contribution is 2.24. The fraction of sp³-hybridized carbons (Fsp3) is 0.250. The second-order valence-electron chi connectivity index (χ2n) is 3.31. The Kier molecular flexibility index (Phi) is 5.64. The van der Waals surface area contributed by atoms with E-state index in [1.807, 2.05) is 11.4 Å². The SMILES string of the molecule is CCOC(=O)NC(=O)COc1ccc(C#N)cc1Cl. The Hall–Kier alpha value is -2.26. The second kappa shape index (κ2) is 7.24. The van der Waals surface area contributed by atoms with Gasteiger partial charge in [-0.15, -0.1) is 0 Å². The lowest BCUT2D eigenvalue weighted by Crippen LogP contribution is -2.34. The molecule has 1 aromatic rings. The fourth-order valence-electron chi connectivity index (χ4n) is 1.15. The molecule has 0 aliphatic carbocycles. The summed E-state index contributed by atoms with van der Waals surface area (Å²) in [6.45, 7) is 1.41. The van der Waals surface area contributed by atoms with E-state index in [1.54, 1.807) is 6.92 Å². The summed E-state index contributed by atoms with van der Waals surface area (Å²) in [6, 6.07) is 6.31. The molecule has 0 aromatic heterocycles. The van der Waals surface area contributed by atoms with Crippen LogP contribution in [0.2, 0.25) is 5.02 Å². The number of halogens is 1. The molecule has 0 unspecified atom stereocenters. The quantitative estimate of drug-likeness (QED) is 0.910. The molecular formula is C12H11ClN2O4. The number of nitrogens with one attached hydrogen (secondary N) is 1. The number of imide groups is 1. The molecule has 0 aliphatic rings. The fourth-order valence-corrected chi connectivity index (χ4v) is 1.38. The van der Waals surface area contributed by atoms with Gasteiger partial charge in [-0.1, -0.05) is 11.6 Å². The molecular weight excluding hydrogens is 272 g/mol. The molecule has 0 bridgehead atoms.